The second-order valence-electron chi connectivity index (χ2n) is 4.71. The molecule has 0 fully saturated rings. The first-order valence-electron chi connectivity index (χ1n) is 6.41. The molecule has 104 valence electrons. The van der Waals surface area contributed by atoms with E-state index in [1.807, 2.05) is 0 Å². The molecule has 0 saturated carbocycles. The fourth-order valence-electron chi connectivity index (χ4n) is 2.00. The summed E-state index contributed by atoms with van der Waals surface area (Å²) in [4.78, 5) is 7.88. The molecule has 1 aromatic heterocycles. The maximum Gasteiger partial charge on any atom is 0.186 e. The number of aliphatic hydroxyl groups excluding tert-OH is 1. The first-order chi connectivity index (χ1) is 8.54. The van der Waals surface area contributed by atoms with Gasteiger partial charge in [0.2, 0.25) is 0 Å². The van der Waals surface area contributed by atoms with Gasteiger partial charge in [0.25, 0.3) is 0 Å². The third kappa shape index (κ3) is 3.43. The van der Waals surface area contributed by atoms with E-state index in [1.54, 1.807) is 18.4 Å². The lowest BCUT2D eigenvalue weighted by molar-refractivity contribution is 0.182. The van der Waals surface area contributed by atoms with Crippen molar-refractivity contribution in [3.63, 3.8) is 0 Å². The molecule has 0 aliphatic rings. The molecule has 0 radical (unpaired) electrons. The molecule has 1 aromatic rings. The molecule has 1 rings (SSSR count). The highest BCUT2D eigenvalue weighted by Crippen LogP contribution is 2.31. The number of hydrogen-bond acceptors (Lipinski definition) is 5. The van der Waals surface area contributed by atoms with E-state index in [2.05, 4.69) is 37.6 Å². The number of methoxy groups -OCH3 is 1. The smallest absolute Gasteiger partial charge is 0.186 e. The number of nitrogens with zero attached hydrogens (tertiary/aromatic N) is 2. The Morgan fingerprint density at radius 2 is 2.06 bits per heavy atom. The maximum atomic E-state index is 9.40. The molecule has 0 amide bonds. The molecule has 4 nitrogen and oxygen atoms in total. The molecule has 5 heteroatoms. The zero-order chi connectivity index (χ0) is 13.7. The van der Waals surface area contributed by atoms with Gasteiger partial charge in [0.15, 0.2) is 5.13 Å². The highest BCUT2D eigenvalue weighted by atomic mass is 32.1. The van der Waals surface area contributed by atoms with Crippen molar-refractivity contribution in [2.75, 3.05) is 25.2 Å². The van der Waals surface area contributed by atoms with Crippen LogP contribution in [0.3, 0.4) is 0 Å². The lowest BCUT2D eigenvalue weighted by atomic mass is 10.1. The molecule has 0 aliphatic carbocycles. The first-order valence-corrected chi connectivity index (χ1v) is 7.22. The van der Waals surface area contributed by atoms with Crippen molar-refractivity contribution in [2.45, 2.75) is 46.3 Å². The summed E-state index contributed by atoms with van der Waals surface area (Å²) in [7, 11) is 1.71. The Morgan fingerprint density at radius 1 is 1.39 bits per heavy atom. The average Bonchev–Trinajstić information content (AvgIpc) is 2.74. The molecule has 0 saturated heterocycles. The van der Waals surface area contributed by atoms with E-state index in [1.165, 1.54) is 0 Å². The molecule has 1 heterocycles. The van der Waals surface area contributed by atoms with Crippen molar-refractivity contribution < 1.29 is 9.84 Å². The summed E-state index contributed by atoms with van der Waals surface area (Å²) in [6.07, 6.45) is 0. The van der Waals surface area contributed by atoms with Crippen LogP contribution in [-0.2, 0) is 11.3 Å². The summed E-state index contributed by atoms with van der Waals surface area (Å²) in [5.74, 6) is 0.341. The Hall–Kier alpha value is -0.650. The normalized spacial score (nSPS) is 13.1. The van der Waals surface area contributed by atoms with Crippen molar-refractivity contribution in [1.82, 2.24) is 4.98 Å². The van der Waals surface area contributed by atoms with E-state index < -0.39 is 0 Å². The highest BCUT2D eigenvalue weighted by molar-refractivity contribution is 7.15. The first kappa shape index (κ1) is 15.4. The van der Waals surface area contributed by atoms with Gasteiger partial charge in [-0.3, -0.25) is 0 Å². The Morgan fingerprint density at radius 3 is 2.44 bits per heavy atom. The van der Waals surface area contributed by atoms with Crippen LogP contribution in [0.25, 0.3) is 0 Å². The second kappa shape index (κ2) is 7.07. The molecule has 0 aromatic carbocycles. The summed E-state index contributed by atoms with van der Waals surface area (Å²) < 4.78 is 5.20. The number of ether oxygens (including phenoxy) is 1. The molecule has 1 N–H and O–H groups in total. The van der Waals surface area contributed by atoms with E-state index in [-0.39, 0.29) is 12.6 Å². The molecule has 1 unspecified atom stereocenters. The monoisotopic (exact) mass is 272 g/mol. The number of hydrogen-bond donors (Lipinski definition) is 1. The summed E-state index contributed by atoms with van der Waals surface area (Å²) in [6.45, 7) is 10.1. The standard InChI is InChI=1S/C13H24N2O2S/c1-6-15(10(4)8-17-5)13-14-12(9(2)3)11(7-16)18-13/h9-10,16H,6-8H2,1-5H3. The van der Waals surface area contributed by atoms with Crippen LogP contribution in [0.1, 0.15) is 44.2 Å². The van der Waals surface area contributed by atoms with Crippen molar-refractivity contribution in [2.24, 2.45) is 0 Å². The summed E-state index contributed by atoms with van der Waals surface area (Å²) in [5.41, 5.74) is 1.01. The number of anilines is 1. The van der Waals surface area contributed by atoms with Gasteiger partial charge in [0, 0.05) is 13.7 Å². The number of aromatic nitrogens is 1. The predicted octanol–water partition coefficient (Wildman–Crippen LogP) is 2.62. The zero-order valence-corrected chi connectivity index (χ0v) is 12.8. The minimum Gasteiger partial charge on any atom is -0.391 e. The van der Waals surface area contributed by atoms with Gasteiger partial charge in [-0.15, -0.1) is 0 Å². The van der Waals surface area contributed by atoms with Crippen molar-refractivity contribution >= 4 is 16.5 Å². The summed E-state index contributed by atoms with van der Waals surface area (Å²) in [5, 5.41) is 10.4. The number of aliphatic hydroxyl groups is 1. The van der Waals surface area contributed by atoms with Gasteiger partial charge in [-0.25, -0.2) is 4.98 Å². The van der Waals surface area contributed by atoms with Crippen LogP contribution in [0.2, 0.25) is 0 Å². The molecule has 18 heavy (non-hydrogen) atoms. The average molecular weight is 272 g/mol. The molecular weight excluding hydrogens is 248 g/mol. The van der Waals surface area contributed by atoms with E-state index in [4.69, 9.17) is 4.74 Å². The van der Waals surface area contributed by atoms with E-state index in [0.29, 0.717) is 12.5 Å². The van der Waals surface area contributed by atoms with Crippen molar-refractivity contribution in [1.29, 1.82) is 0 Å². The lowest BCUT2D eigenvalue weighted by Crippen LogP contribution is -2.36. The summed E-state index contributed by atoms with van der Waals surface area (Å²) in [6, 6.07) is 0.290. The predicted molar refractivity (Wildman–Crippen MR) is 76.5 cm³/mol. The fraction of sp³-hybridized carbons (Fsp3) is 0.769. The highest BCUT2D eigenvalue weighted by Gasteiger charge is 2.20. The Kier molecular flexibility index (Phi) is 6.05. The van der Waals surface area contributed by atoms with Crippen molar-refractivity contribution in [3.05, 3.63) is 10.6 Å². The van der Waals surface area contributed by atoms with Gasteiger partial charge < -0.3 is 14.7 Å². The van der Waals surface area contributed by atoms with Gasteiger partial charge in [0.1, 0.15) is 0 Å². The molecule has 0 spiro atoms. The maximum absolute atomic E-state index is 9.40. The SMILES string of the molecule is CCN(c1nc(C(C)C)c(CO)s1)C(C)COC. The van der Waals surface area contributed by atoms with E-state index >= 15 is 0 Å². The minimum atomic E-state index is 0.0708. The second-order valence-corrected chi connectivity index (χ2v) is 5.77. The van der Waals surface area contributed by atoms with Crippen LogP contribution in [0.5, 0.6) is 0 Å². The largest absolute Gasteiger partial charge is 0.391 e. The molecule has 1 atom stereocenters. The van der Waals surface area contributed by atoms with Gasteiger partial charge in [-0.2, -0.15) is 0 Å². The van der Waals surface area contributed by atoms with E-state index in [9.17, 15) is 5.11 Å². The van der Waals surface area contributed by atoms with Crippen LogP contribution in [0.15, 0.2) is 0 Å². The fourth-order valence-corrected chi connectivity index (χ4v) is 3.25. The van der Waals surface area contributed by atoms with Crippen LogP contribution in [-0.4, -0.2) is 36.4 Å². The van der Waals surface area contributed by atoms with Crippen LogP contribution >= 0.6 is 11.3 Å². The quantitative estimate of drug-likeness (QED) is 0.829. The Bertz CT molecular complexity index is 366. The van der Waals surface area contributed by atoms with Crippen molar-refractivity contribution in [3.8, 4) is 0 Å². The van der Waals surface area contributed by atoms with Crippen LogP contribution < -0.4 is 4.90 Å². The van der Waals surface area contributed by atoms with Gasteiger partial charge in [0.05, 0.1) is 29.8 Å². The van der Waals surface area contributed by atoms with Gasteiger partial charge in [-0.1, -0.05) is 25.2 Å². The van der Waals surface area contributed by atoms with Gasteiger partial charge in [-0.05, 0) is 19.8 Å². The molecule has 0 bridgehead atoms. The molecule has 0 aliphatic heterocycles. The number of likely N-dealkylation sites (N-methyl/N-ethyl adjacent to an activating group) is 1. The van der Waals surface area contributed by atoms with Crippen LogP contribution in [0.4, 0.5) is 5.13 Å². The topological polar surface area (TPSA) is 45.6 Å². The third-order valence-electron chi connectivity index (χ3n) is 2.93. The summed E-state index contributed by atoms with van der Waals surface area (Å²) >= 11 is 1.58. The zero-order valence-electron chi connectivity index (χ0n) is 11.9. The number of rotatable bonds is 7. The Labute approximate surface area is 114 Å². The number of thiazole rings is 1. The lowest BCUT2D eigenvalue weighted by Gasteiger charge is -2.26. The third-order valence-corrected chi connectivity index (χ3v) is 4.03. The van der Waals surface area contributed by atoms with Crippen LogP contribution in [0, 0.1) is 0 Å². The molecular formula is C13H24N2O2S. The van der Waals surface area contributed by atoms with E-state index in [0.717, 1.165) is 22.2 Å². The minimum absolute atomic E-state index is 0.0708. The Balaban J connectivity index is 2.99. The van der Waals surface area contributed by atoms with Gasteiger partial charge >= 0.3 is 0 Å².